The van der Waals surface area contributed by atoms with Crippen molar-refractivity contribution in [3.63, 3.8) is 0 Å². The summed E-state index contributed by atoms with van der Waals surface area (Å²) in [6.07, 6.45) is 8.24. The van der Waals surface area contributed by atoms with Crippen LogP contribution in [-0.2, 0) is 27.2 Å². The first-order chi connectivity index (χ1) is 17.7. The van der Waals surface area contributed by atoms with Crippen LogP contribution in [0.4, 0.5) is 0 Å². The molecule has 7 heteroatoms. The van der Waals surface area contributed by atoms with Gasteiger partial charge in [-0.05, 0) is 70.3 Å². The molecule has 0 unspecified atom stereocenters. The second-order valence-corrected chi connectivity index (χ2v) is 12.0. The predicted molar refractivity (Wildman–Crippen MR) is 152 cm³/mol. The Bertz CT molecular complexity index is 1100. The third-order valence-corrected chi connectivity index (χ3v) is 8.40. The lowest BCUT2D eigenvalue weighted by atomic mass is 9.81. The fourth-order valence-electron chi connectivity index (χ4n) is 5.34. The first-order valence-corrected chi connectivity index (χ1v) is 14.5. The Hall–Kier alpha value is -2.38. The van der Waals surface area contributed by atoms with Gasteiger partial charge < -0.3 is 15.0 Å². The van der Waals surface area contributed by atoms with Crippen LogP contribution in [0.3, 0.4) is 0 Å². The molecule has 0 spiro atoms. The standard InChI is InChI=1S/C30H43N3O3S/c1-6-22-12-13-26-28(17-22)37-29(31-26)18-24(16-21(3)34)30(36)32-25(23-10-8-7-9-11-23)14-15-27(35)20(2)19-33(4)5/h12-13,17,23-25H,2,6-11,14-16,18-19H2,1,3-5H3,(H,32,36)/t24-,25+/m0/s1. The molecular formula is C30H43N3O3S. The Kier molecular flexibility index (Phi) is 11.0. The Balaban J connectivity index is 1.72. The molecule has 1 amide bonds. The number of nitrogens with one attached hydrogen (secondary N) is 1. The molecule has 3 rings (SSSR count). The summed E-state index contributed by atoms with van der Waals surface area (Å²) in [5.41, 5.74) is 2.81. The van der Waals surface area contributed by atoms with Gasteiger partial charge in [0.15, 0.2) is 5.78 Å². The number of fused-ring (bicyclic) bond motifs is 1. The summed E-state index contributed by atoms with van der Waals surface area (Å²) in [5.74, 6) is -0.141. The lowest BCUT2D eigenvalue weighted by molar-refractivity contribution is -0.130. The van der Waals surface area contributed by atoms with Crippen LogP contribution in [-0.4, -0.2) is 54.0 Å². The number of amides is 1. The normalized spacial score (nSPS) is 16.0. The Morgan fingerprint density at radius 2 is 1.92 bits per heavy atom. The molecule has 37 heavy (non-hydrogen) atoms. The van der Waals surface area contributed by atoms with Crippen molar-refractivity contribution in [3.8, 4) is 0 Å². The highest BCUT2D eigenvalue weighted by Gasteiger charge is 2.30. The Morgan fingerprint density at radius 1 is 1.19 bits per heavy atom. The molecule has 1 heterocycles. The lowest BCUT2D eigenvalue weighted by Gasteiger charge is -2.32. The molecule has 2 aromatic rings. The molecule has 202 valence electrons. The van der Waals surface area contributed by atoms with Crippen LogP contribution in [0.15, 0.2) is 30.4 Å². The maximum Gasteiger partial charge on any atom is 0.224 e. The first kappa shape index (κ1) is 29.2. The summed E-state index contributed by atoms with van der Waals surface area (Å²) in [5, 5.41) is 4.18. The Morgan fingerprint density at radius 3 is 2.57 bits per heavy atom. The van der Waals surface area contributed by atoms with E-state index in [-0.39, 0.29) is 29.9 Å². The van der Waals surface area contributed by atoms with Crippen molar-refractivity contribution in [1.29, 1.82) is 0 Å². The van der Waals surface area contributed by atoms with Gasteiger partial charge in [0, 0.05) is 37.4 Å². The number of aromatic nitrogens is 1. The number of hydrogen-bond acceptors (Lipinski definition) is 6. The van der Waals surface area contributed by atoms with Crippen molar-refractivity contribution in [2.75, 3.05) is 20.6 Å². The Labute approximate surface area is 225 Å². The third-order valence-electron chi connectivity index (χ3n) is 7.36. The molecule has 1 fully saturated rings. The van der Waals surface area contributed by atoms with E-state index >= 15 is 0 Å². The minimum Gasteiger partial charge on any atom is -0.353 e. The highest BCUT2D eigenvalue weighted by molar-refractivity contribution is 7.18. The van der Waals surface area contributed by atoms with Crippen LogP contribution in [0.1, 0.15) is 75.8 Å². The van der Waals surface area contributed by atoms with E-state index in [0.29, 0.717) is 37.3 Å². The van der Waals surface area contributed by atoms with E-state index < -0.39 is 5.92 Å². The molecule has 1 aromatic heterocycles. The van der Waals surface area contributed by atoms with Gasteiger partial charge >= 0.3 is 0 Å². The van der Waals surface area contributed by atoms with Crippen molar-refractivity contribution < 1.29 is 14.4 Å². The smallest absolute Gasteiger partial charge is 0.224 e. The summed E-state index contributed by atoms with van der Waals surface area (Å²) in [4.78, 5) is 45.1. The zero-order valence-corrected chi connectivity index (χ0v) is 23.8. The van der Waals surface area contributed by atoms with Gasteiger partial charge in [-0.1, -0.05) is 38.8 Å². The summed E-state index contributed by atoms with van der Waals surface area (Å²) in [7, 11) is 3.85. The van der Waals surface area contributed by atoms with Gasteiger partial charge in [-0.3, -0.25) is 9.59 Å². The quantitative estimate of drug-likeness (QED) is 0.328. The van der Waals surface area contributed by atoms with E-state index in [1.165, 1.54) is 12.0 Å². The number of Topliss-reactive ketones (excluding diaryl/α,β-unsaturated/α-hetero) is 2. The number of nitrogens with zero attached hydrogens (tertiary/aromatic N) is 2. The van der Waals surface area contributed by atoms with E-state index in [1.54, 1.807) is 18.3 Å². The minimum absolute atomic E-state index is 0.00101. The third kappa shape index (κ3) is 8.85. The summed E-state index contributed by atoms with van der Waals surface area (Å²) >= 11 is 1.61. The molecule has 1 N–H and O–H groups in total. The van der Waals surface area contributed by atoms with Crippen LogP contribution in [0.2, 0.25) is 0 Å². The first-order valence-electron chi connectivity index (χ1n) is 13.7. The van der Waals surface area contributed by atoms with E-state index in [0.717, 1.165) is 47.3 Å². The molecule has 0 bridgehead atoms. The van der Waals surface area contributed by atoms with Crippen molar-refractivity contribution in [3.05, 3.63) is 40.9 Å². The number of carbonyl (C=O) groups is 3. The van der Waals surface area contributed by atoms with Crippen LogP contribution in [0, 0.1) is 11.8 Å². The van der Waals surface area contributed by atoms with Crippen LogP contribution >= 0.6 is 11.3 Å². The molecular weight excluding hydrogens is 482 g/mol. The van der Waals surface area contributed by atoms with Gasteiger partial charge in [0.2, 0.25) is 5.91 Å². The van der Waals surface area contributed by atoms with Crippen LogP contribution in [0.5, 0.6) is 0 Å². The molecule has 1 aliphatic carbocycles. The maximum atomic E-state index is 13.6. The summed E-state index contributed by atoms with van der Waals surface area (Å²) in [6, 6.07) is 6.22. The van der Waals surface area contributed by atoms with Crippen LogP contribution < -0.4 is 5.32 Å². The molecule has 6 nitrogen and oxygen atoms in total. The van der Waals surface area contributed by atoms with Gasteiger partial charge in [0.1, 0.15) is 5.78 Å². The minimum atomic E-state index is -0.464. The van der Waals surface area contributed by atoms with Gasteiger partial charge in [0.05, 0.1) is 21.1 Å². The average molecular weight is 526 g/mol. The van der Waals surface area contributed by atoms with Crippen molar-refractivity contribution in [1.82, 2.24) is 15.2 Å². The number of benzene rings is 1. The van der Waals surface area contributed by atoms with Gasteiger partial charge in [-0.25, -0.2) is 4.98 Å². The second kappa shape index (κ2) is 14.0. The van der Waals surface area contributed by atoms with E-state index in [9.17, 15) is 14.4 Å². The number of likely N-dealkylation sites (N-methyl/N-ethyl adjacent to an activating group) is 1. The molecule has 2 atom stereocenters. The summed E-state index contributed by atoms with van der Waals surface area (Å²) < 4.78 is 1.12. The summed E-state index contributed by atoms with van der Waals surface area (Å²) in [6.45, 7) is 8.18. The largest absolute Gasteiger partial charge is 0.353 e. The van der Waals surface area contributed by atoms with E-state index in [2.05, 4.69) is 31.0 Å². The molecule has 0 radical (unpaired) electrons. The predicted octanol–water partition coefficient (Wildman–Crippen LogP) is 5.53. The molecule has 1 aromatic carbocycles. The second-order valence-electron chi connectivity index (χ2n) is 10.9. The SMILES string of the molecule is C=C(CN(C)C)C(=O)CC[C@@H](NC(=O)[C@@H](CC(C)=O)Cc1nc2ccc(CC)cc2s1)C1CCCCC1. The molecule has 0 saturated heterocycles. The van der Waals surface area contributed by atoms with Gasteiger partial charge in [0.25, 0.3) is 0 Å². The van der Waals surface area contributed by atoms with Gasteiger partial charge in [-0.2, -0.15) is 0 Å². The van der Waals surface area contributed by atoms with Crippen molar-refractivity contribution >= 4 is 39.0 Å². The zero-order chi connectivity index (χ0) is 26.9. The van der Waals surface area contributed by atoms with E-state index in [4.69, 9.17) is 4.98 Å². The number of rotatable bonds is 14. The monoisotopic (exact) mass is 525 g/mol. The van der Waals surface area contributed by atoms with Gasteiger partial charge in [-0.15, -0.1) is 11.3 Å². The number of carbonyl (C=O) groups excluding carboxylic acids is 3. The fraction of sp³-hybridized carbons (Fsp3) is 0.600. The van der Waals surface area contributed by atoms with Crippen LogP contribution in [0.25, 0.3) is 10.2 Å². The maximum absolute atomic E-state index is 13.6. The highest BCUT2D eigenvalue weighted by Crippen LogP contribution is 2.30. The highest BCUT2D eigenvalue weighted by atomic mass is 32.1. The molecule has 0 aliphatic heterocycles. The molecule has 1 saturated carbocycles. The van der Waals surface area contributed by atoms with Crippen molar-refractivity contribution in [2.45, 2.75) is 84.1 Å². The number of ketones is 2. The number of aryl methyl sites for hydroxylation is 1. The number of hydrogen-bond donors (Lipinski definition) is 1. The van der Waals surface area contributed by atoms with E-state index in [1.807, 2.05) is 25.1 Å². The lowest BCUT2D eigenvalue weighted by Crippen LogP contribution is -2.45. The topological polar surface area (TPSA) is 79.4 Å². The number of thiazole rings is 1. The zero-order valence-electron chi connectivity index (χ0n) is 23.0. The fourth-order valence-corrected chi connectivity index (χ4v) is 6.45. The van der Waals surface area contributed by atoms with Crippen molar-refractivity contribution in [2.24, 2.45) is 11.8 Å². The molecule has 1 aliphatic rings. The average Bonchev–Trinajstić information content (AvgIpc) is 3.27.